The first kappa shape index (κ1) is 16.0. The summed E-state index contributed by atoms with van der Waals surface area (Å²) in [4.78, 5) is 20.0. The number of anilines is 3. The molecule has 24 heavy (non-hydrogen) atoms. The van der Waals surface area contributed by atoms with Crippen LogP contribution in [0.2, 0.25) is 0 Å². The van der Waals surface area contributed by atoms with E-state index < -0.39 is 0 Å². The maximum absolute atomic E-state index is 11.5. The lowest BCUT2D eigenvalue weighted by molar-refractivity contribution is -0.113. The lowest BCUT2D eigenvalue weighted by atomic mass is 10.2. The molecule has 7 heteroatoms. The summed E-state index contributed by atoms with van der Waals surface area (Å²) in [6.07, 6.45) is 1.49. The summed E-state index contributed by atoms with van der Waals surface area (Å²) in [5.74, 6) is 1.01. The standard InChI is InChI=1S/C17H15ClN4O2/c1-24-13-4-2-3-11(7-13)22-17-14-8-12(21-16(23)9-18)5-6-15(14)19-10-20-17/h2-8,10H,9H2,1H3,(H,21,23)(H,19,20,22). The molecule has 2 aromatic carbocycles. The molecule has 0 unspecified atom stereocenters. The van der Waals surface area contributed by atoms with E-state index in [0.717, 1.165) is 22.3 Å². The Balaban J connectivity index is 1.97. The van der Waals surface area contributed by atoms with E-state index >= 15 is 0 Å². The van der Waals surface area contributed by atoms with E-state index in [1.54, 1.807) is 13.2 Å². The SMILES string of the molecule is COc1cccc(Nc2ncnc3ccc(NC(=O)CCl)cc23)c1. The fourth-order valence-electron chi connectivity index (χ4n) is 2.27. The Hall–Kier alpha value is -2.86. The van der Waals surface area contributed by atoms with Crippen LogP contribution < -0.4 is 15.4 Å². The van der Waals surface area contributed by atoms with Gasteiger partial charge in [0, 0.05) is 22.8 Å². The van der Waals surface area contributed by atoms with Crippen LogP contribution in [0, 0.1) is 0 Å². The van der Waals surface area contributed by atoms with Crippen molar-refractivity contribution in [2.45, 2.75) is 0 Å². The fraction of sp³-hybridized carbons (Fsp3) is 0.118. The number of nitrogens with one attached hydrogen (secondary N) is 2. The van der Waals surface area contributed by atoms with Crippen molar-refractivity contribution < 1.29 is 9.53 Å². The Labute approximate surface area is 143 Å². The Morgan fingerprint density at radius 3 is 2.83 bits per heavy atom. The number of fused-ring (bicyclic) bond motifs is 1. The molecule has 0 aliphatic rings. The highest BCUT2D eigenvalue weighted by Crippen LogP contribution is 2.27. The van der Waals surface area contributed by atoms with Crippen molar-refractivity contribution in [1.82, 2.24) is 9.97 Å². The van der Waals surface area contributed by atoms with Gasteiger partial charge in [0.2, 0.25) is 5.91 Å². The van der Waals surface area contributed by atoms with Crippen molar-refractivity contribution >= 4 is 45.6 Å². The molecule has 0 spiro atoms. The zero-order valence-electron chi connectivity index (χ0n) is 12.9. The third-order valence-electron chi connectivity index (χ3n) is 3.37. The van der Waals surface area contributed by atoms with Gasteiger partial charge < -0.3 is 15.4 Å². The molecule has 0 radical (unpaired) electrons. The van der Waals surface area contributed by atoms with Crippen LogP contribution in [0.3, 0.4) is 0 Å². The van der Waals surface area contributed by atoms with Crippen molar-refractivity contribution in [2.75, 3.05) is 23.6 Å². The Morgan fingerprint density at radius 1 is 1.17 bits per heavy atom. The highest BCUT2D eigenvalue weighted by Gasteiger charge is 2.07. The van der Waals surface area contributed by atoms with E-state index in [4.69, 9.17) is 16.3 Å². The summed E-state index contributed by atoms with van der Waals surface area (Å²) in [6.45, 7) is 0. The van der Waals surface area contributed by atoms with Crippen molar-refractivity contribution in [3.05, 3.63) is 48.8 Å². The lowest BCUT2D eigenvalue weighted by Crippen LogP contribution is -2.12. The van der Waals surface area contributed by atoms with Crippen LogP contribution in [0.1, 0.15) is 0 Å². The number of amides is 1. The van der Waals surface area contributed by atoms with Gasteiger partial charge in [0.25, 0.3) is 0 Å². The minimum absolute atomic E-state index is 0.0990. The summed E-state index contributed by atoms with van der Waals surface area (Å²) in [7, 11) is 1.62. The smallest absolute Gasteiger partial charge is 0.239 e. The summed E-state index contributed by atoms with van der Waals surface area (Å²) < 4.78 is 5.22. The number of ether oxygens (including phenoxy) is 1. The summed E-state index contributed by atoms with van der Waals surface area (Å²) in [5.41, 5.74) is 2.24. The van der Waals surface area contributed by atoms with Gasteiger partial charge in [0.15, 0.2) is 0 Å². The molecule has 0 atom stereocenters. The second kappa shape index (κ2) is 7.14. The monoisotopic (exact) mass is 342 g/mol. The first-order valence-electron chi connectivity index (χ1n) is 7.21. The topological polar surface area (TPSA) is 76.1 Å². The zero-order chi connectivity index (χ0) is 16.9. The van der Waals surface area contributed by atoms with Gasteiger partial charge in [-0.15, -0.1) is 11.6 Å². The van der Waals surface area contributed by atoms with Gasteiger partial charge in [-0.05, 0) is 30.3 Å². The number of carbonyl (C=O) groups is 1. The number of aromatic nitrogens is 2. The molecule has 0 aliphatic heterocycles. The first-order chi connectivity index (χ1) is 11.7. The molecule has 1 amide bonds. The van der Waals surface area contributed by atoms with Gasteiger partial charge in [0.05, 0.1) is 12.6 Å². The maximum Gasteiger partial charge on any atom is 0.239 e. The molecule has 0 fully saturated rings. The largest absolute Gasteiger partial charge is 0.497 e. The molecular weight excluding hydrogens is 328 g/mol. The highest BCUT2D eigenvalue weighted by molar-refractivity contribution is 6.29. The molecule has 122 valence electrons. The Morgan fingerprint density at radius 2 is 2.04 bits per heavy atom. The Bertz CT molecular complexity index is 885. The predicted molar refractivity (Wildman–Crippen MR) is 95.2 cm³/mol. The van der Waals surface area contributed by atoms with E-state index in [-0.39, 0.29) is 11.8 Å². The van der Waals surface area contributed by atoms with Gasteiger partial charge in [-0.3, -0.25) is 4.79 Å². The third kappa shape index (κ3) is 3.55. The number of benzene rings is 2. The molecule has 2 N–H and O–H groups in total. The van der Waals surface area contributed by atoms with Crippen LogP contribution in [0.4, 0.5) is 17.2 Å². The molecule has 1 heterocycles. The number of hydrogen-bond acceptors (Lipinski definition) is 5. The van der Waals surface area contributed by atoms with Crippen LogP contribution in [0.5, 0.6) is 5.75 Å². The number of methoxy groups -OCH3 is 1. The number of nitrogens with zero attached hydrogens (tertiary/aromatic N) is 2. The van der Waals surface area contributed by atoms with Gasteiger partial charge in [0.1, 0.15) is 23.8 Å². The van der Waals surface area contributed by atoms with Crippen LogP contribution >= 0.6 is 11.6 Å². The van der Waals surface area contributed by atoms with Gasteiger partial charge in [-0.2, -0.15) is 0 Å². The molecule has 0 aliphatic carbocycles. The van der Waals surface area contributed by atoms with E-state index in [1.807, 2.05) is 36.4 Å². The third-order valence-corrected chi connectivity index (χ3v) is 3.62. The maximum atomic E-state index is 11.5. The fourth-order valence-corrected chi connectivity index (χ4v) is 2.33. The quantitative estimate of drug-likeness (QED) is 0.693. The second-order valence-electron chi connectivity index (χ2n) is 4.99. The Kier molecular flexibility index (Phi) is 4.77. The molecule has 3 rings (SSSR count). The highest BCUT2D eigenvalue weighted by atomic mass is 35.5. The molecular formula is C17H15ClN4O2. The van der Waals surface area contributed by atoms with Crippen molar-refractivity contribution in [2.24, 2.45) is 0 Å². The summed E-state index contributed by atoms with van der Waals surface area (Å²) >= 11 is 5.53. The van der Waals surface area contributed by atoms with Crippen LogP contribution in [-0.4, -0.2) is 28.9 Å². The van der Waals surface area contributed by atoms with Gasteiger partial charge in [-0.25, -0.2) is 9.97 Å². The number of carbonyl (C=O) groups excluding carboxylic acids is 1. The molecule has 0 bridgehead atoms. The molecule has 0 saturated heterocycles. The summed E-state index contributed by atoms with van der Waals surface area (Å²) in [6, 6.07) is 12.9. The number of halogens is 1. The lowest BCUT2D eigenvalue weighted by Gasteiger charge is -2.11. The van der Waals surface area contributed by atoms with E-state index in [1.165, 1.54) is 6.33 Å². The molecule has 0 saturated carbocycles. The minimum atomic E-state index is -0.268. The zero-order valence-corrected chi connectivity index (χ0v) is 13.7. The van der Waals surface area contributed by atoms with Gasteiger partial charge >= 0.3 is 0 Å². The van der Waals surface area contributed by atoms with E-state index in [9.17, 15) is 4.79 Å². The molecule has 6 nitrogen and oxygen atoms in total. The minimum Gasteiger partial charge on any atom is -0.497 e. The number of rotatable bonds is 5. The predicted octanol–water partition coefficient (Wildman–Crippen LogP) is 3.56. The second-order valence-corrected chi connectivity index (χ2v) is 5.26. The molecule has 3 aromatic rings. The van der Waals surface area contributed by atoms with E-state index in [0.29, 0.717) is 11.5 Å². The normalized spacial score (nSPS) is 10.4. The van der Waals surface area contributed by atoms with Crippen LogP contribution in [0.25, 0.3) is 10.9 Å². The van der Waals surface area contributed by atoms with Crippen LogP contribution in [-0.2, 0) is 4.79 Å². The van der Waals surface area contributed by atoms with Crippen molar-refractivity contribution in [3.63, 3.8) is 0 Å². The van der Waals surface area contributed by atoms with Crippen LogP contribution in [0.15, 0.2) is 48.8 Å². The average Bonchev–Trinajstić information content (AvgIpc) is 2.62. The summed E-state index contributed by atoms with van der Waals surface area (Å²) in [5, 5.41) is 6.75. The number of alkyl halides is 1. The number of hydrogen-bond donors (Lipinski definition) is 2. The molecule has 1 aromatic heterocycles. The van der Waals surface area contributed by atoms with Crippen molar-refractivity contribution in [1.29, 1.82) is 0 Å². The van der Waals surface area contributed by atoms with E-state index in [2.05, 4.69) is 20.6 Å². The first-order valence-corrected chi connectivity index (χ1v) is 7.74. The van der Waals surface area contributed by atoms with Crippen molar-refractivity contribution in [3.8, 4) is 5.75 Å². The van der Waals surface area contributed by atoms with Gasteiger partial charge in [-0.1, -0.05) is 6.07 Å². The average molecular weight is 343 g/mol.